The molecule has 0 radical (unpaired) electrons. The van der Waals surface area contributed by atoms with E-state index in [9.17, 15) is 9.59 Å². The molecule has 0 spiro atoms. The second kappa shape index (κ2) is 7.79. The predicted molar refractivity (Wildman–Crippen MR) is 73.9 cm³/mol. The Hall–Kier alpha value is -1.55. The van der Waals surface area contributed by atoms with E-state index >= 15 is 0 Å². The minimum atomic E-state index is -0.354. The molecule has 0 bridgehead atoms. The Bertz CT molecular complexity index is 448. The molecule has 1 atom stereocenters. The highest BCUT2D eigenvalue weighted by Gasteiger charge is 2.11. The van der Waals surface area contributed by atoms with Gasteiger partial charge in [-0.15, -0.1) is 0 Å². The Kier molecular flexibility index (Phi) is 6.36. The average Bonchev–Trinajstić information content (AvgIpc) is 2.36. The zero-order valence-corrected chi connectivity index (χ0v) is 11.9. The van der Waals surface area contributed by atoms with Crippen LogP contribution in [0.5, 0.6) is 0 Å². The van der Waals surface area contributed by atoms with Gasteiger partial charge in [0.25, 0.3) is 0 Å². The lowest BCUT2D eigenvalue weighted by molar-refractivity contribution is -0.144. The lowest BCUT2D eigenvalue weighted by Gasteiger charge is -2.14. The van der Waals surface area contributed by atoms with E-state index < -0.39 is 0 Å². The van der Waals surface area contributed by atoms with Crippen LogP contribution in [-0.4, -0.2) is 18.5 Å². The number of carbonyl (C=O) groups excluding carboxylic acids is 2. The minimum absolute atomic E-state index is 0.0991. The van der Waals surface area contributed by atoms with Gasteiger partial charge in [-0.05, 0) is 31.5 Å². The molecule has 0 saturated carbocycles. The molecule has 1 amide bonds. The van der Waals surface area contributed by atoms with Crippen LogP contribution in [0.1, 0.15) is 38.3 Å². The molecule has 0 saturated heterocycles. The Labute approximate surface area is 118 Å². The van der Waals surface area contributed by atoms with Crippen LogP contribution in [-0.2, 0) is 14.3 Å². The van der Waals surface area contributed by atoms with Crippen LogP contribution >= 0.6 is 11.6 Å². The van der Waals surface area contributed by atoms with Gasteiger partial charge >= 0.3 is 5.97 Å². The van der Waals surface area contributed by atoms with Crippen molar-refractivity contribution < 1.29 is 14.3 Å². The molecule has 19 heavy (non-hydrogen) atoms. The molecular formula is C14H18ClNO3. The third-order valence-corrected chi connectivity index (χ3v) is 2.82. The smallest absolute Gasteiger partial charge is 0.306 e. The summed E-state index contributed by atoms with van der Waals surface area (Å²) in [5.41, 5.74) is 0.928. The molecule has 0 heterocycles. The van der Waals surface area contributed by atoms with Gasteiger partial charge in [0, 0.05) is 11.4 Å². The van der Waals surface area contributed by atoms with Crippen molar-refractivity contribution in [2.75, 3.05) is 6.61 Å². The van der Waals surface area contributed by atoms with Crippen molar-refractivity contribution in [2.24, 2.45) is 0 Å². The zero-order chi connectivity index (χ0) is 14.3. The Morgan fingerprint density at radius 2 is 2.11 bits per heavy atom. The molecule has 4 nitrogen and oxygen atoms in total. The SMILES string of the molecule is CCOC(=O)CCC(=O)N[C@@H](C)c1cccc(Cl)c1. The molecular weight excluding hydrogens is 266 g/mol. The van der Waals surface area contributed by atoms with Gasteiger partial charge in [0.15, 0.2) is 0 Å². The van der Waals surface area contributed by atoms with Gasteiger partial charge < -0.3 is 10.1 Å². The standard InChI is InChI=1S/C14H18ClNO3/c1-3-19-14(18)8-7-13(17)16-10(2)11-5-4-6-12(15)9-11/h4-6,9-10H,3,7-8H2,1-2H3,(H,16,17)/t10-/m0/s1. The first-order valence-electron chi connectivity index (χ1n) is 6.23. The topological polar surface area (TPSA) is 55.4 Å². The van der Waals surface area contributed by atoms with Gasteiger partial charge in [-0.25, -0.2) is 0 Å². The summed E-state index contributed by atoms with van der Waals surface area (Å²) in [5, 5.41) is 3.45. The fraction of sp³-hybridized carbons (Fsp3) is 0.429. The second-order valence-corrected chi connectivity index (χ2v) is 4.59. The van der Waals surface area contributed by atoms with Crippen molar-refractivity contribution in [1.29, 1.82) is 0 Å². The van der Waals surface area contributed by atoms with Crippen molar-refractivity contribution in [3.05, 3.63) is 34.9 Å². The Balaban J connectivity index is 2.42. The van der Waals surface area contributed by atoms with Crippen molar-refractivity contribution in [3.63, 3.8) is 0 Å². The number of halogens is 1. The molecule has 0 aliphatic rings. The van der Waals surface area contributed by atoms with Crippen molar-refractivity contribution >= 4 is 23.5 Å². The molecule has 1 aromatic rings. The van der Waals surface area contributed by atoms with E-state index in [0.717, 1.165) is 5.56 Å². The van der Waals surface area contributed by atoms with Crippen LogP contribution in [0, 0.1) is 0 Å². The van der Waals surface area contributed by atoms with Gasteiger partial charge in [-0.3, -0.25) is 9.59 Å². The van der Waals surface area contributed by atoms with E-state index in [-0.39, 0.29) is 30.8 Å². The zero-order valence-electron chi connectivity index (χ0n) is 11.1. The van der Waals surface area contributed by atoms with Crippen LogP contribution in [0.25, 0.3) is 0 Å². The molecule has 1 aromatic carbocycles. The monoisotopic (exact) mass is 283 g/mol. The molecule has 1 N–H and O–H groups in total. The highest BCUT2D eigenvalue weighted by Crippen LogP contribution is 2.17. The second-order valence-electron chi connectivity index (χ2n) is 4.15. The van der Waals surface area contributed by atoms with E-state index in [1.807, 2.05) is 19.1 Å². The number of carbonyl (C=O) groups is 2. The van der Waals surface area contributed by atoms with Crippen molar-refractivity contribution in [2.45, 2.75) is 32.7 Å². The van der Waals surface area contributed by atoms with E-state index in [0.29, 0.717) is 11.6 Å². The predicted octanol–water partition coefficient (Wildman–Crippen LogP) is 2.86. The van der Waals surface area contributed by atoms with Gasteiger partial charge in [-0.2, -0.15) is 0 Å². The summed E-state index contributed by atoms with van der Waals surface area (Å²) in [6.07, 6.45) is 0.228. The van der Waals surface area contributed by atoms with Crippen LogP contribution < -0.4 is 5.32 Å². The van der Waals surface area contributed by atoms with Crippen molar-refractivity contribution in [1.82, 2.24) is 5.32 Å². The lowest BCUT2D eigenvalue weighted by atomic mass is 10.1. The fourth-order valence-corrected chi connectivity index (χ4v) is 1.82. The maximum Gasteiger partial charge on any atom is 0.306 e. The molecule has 0 aromatic heterocycles. The highest BCUT2D eigenvalue weighted by atomic mass is 35.5. The number of ether oxygens (including phenoxy) is 1. The third kappa shape index (κ3) is 5.75. The van der Waals surface area contributed by atoms with E-state index in [2.05, 4.69) is 5.32 Å². The molecule has 0 fully saturated rings. The quantitative estimate of drug-likeness (QED) is 0.817. The van der Waals surface area contributed by atoms with Gasteiger partial charge in [0.05, 0.1) is 19.1 Å². The summed E-state index contributed by atoms with van der Waals surface area (Å²) in [4.78, 5) is 22.8. The number of benzene rings is 1. The largest absolute Gasteiger partial charge is 0.466 e. The molecule has 0 aliphatic heterocycles. The molecule has 104 valence electrons. The van der Waals surface area contributed by atoms with E-state index in [4.69, 9.17) is 16.3 Å². The van der Waals surface area contributed by atoms with E-state index in [1.165, 1.54) is 0 Å². The van der Waals surface area contributed by atoms with Crippen LogP contribution in [0.2, 0.25) is 5.02 Å². The summed E-state index contributed by atoms with van der Waals surface area (Å²) < 4.78 is 4.76. The maximum atomic E-state index is 11.7. The van der Waals surface area contributed by atoms with Gasteiger partial charge in [0.2, 0.25) is 5.91 Å². The number of nitrogens with one attached hydrogen (secondary N) is 1. The first kappa shape index (κ1) is 15.5. The van der Waals surface area contributed by atoms with Crippen molar-refractivity contribution in [3.8, 4) is 0 Å². The molecule has 5 heteroatoms. The van der Waals surface area contributed by atoms with E-state index in [1.54, 1.807) is 19.1 Å². The molecule has 0 unspecified atom stereocenters. The fourth-order valence-electron chi connectivity index (χ4n) is 1.62. The summed E-state index contributed by atoms with van der Waals surface area (Å²) >= 11 is 5.89. The summed E-state index contributed by atoms with van der Waals surface area (Å²) in [6, 6.07) is 7.16. The first-order chi connectivity index (χ1) is 9.02. The molecule has 1 rings (SSSR count). The Morgan fingerprint density at radius 1 is 1.37 bits per heavy atom. The van der Waals surface area contributed by atoms with Gasteiger partial charge in [0.1, 0.15) is 0 Å². The van der Waals surface area contributed by atoms with Crippen LogP contribution in [0.3, 0.4) is 0 Å². The summed E-state index contributed by atoms with van der Waals surface area (Å²) in [5.74, 6) is -0.534. The van der Waals surface area contributed by atoms with Gasteiger partial charge in [-0.1, -0.05) is 23.7 Å². The maximum absolute atomic E-state index is 11.7. The highest BCUT2D eigenvalue weighted by molar-refractivity contribution is 6.30. The lowest BCUT2D eigenvalue weighted by Crippen LogP contribution is -2.27. The number of esters is 1. The Morgan fingerprint density at radius 3 is 2.74 bits per heavy atom. The number of rotatable bonds is 6. The molecule has 0 aliphatic carbocycles. The summed E-state index contributed by atoms with van der Waals surface area (Å²) in [7, 11) is 0. The normalized spacial score (nSPS) is 11.7. The number of hydrogen-bond acceptors (Lipinski definition) is 3. The number of hydrogen-bond donors (Lipinski definition) is 1. The third-order valence-electron chi connectivity index (χ3n) is 2.59. The average molecular weight is 284 g/mol. The van der Waals surface area contributed by atoms with Crippen LogP contribution in [0.15, 0.2) is 24.3 Å². The minimum Gasteiger partial charge on any atom is -0.466 e. The van der Waals surface area contributed by atoms with Crippen LogP contribution in [0.4, 0.5) is 0 Å². The summed E-state index contributed by atoms with van der Waals surface area (Å²) in [6.45, 7) is 3.94. The number of amides is 1. The first-order valence-corrected chi connectivity index (χ1v) is 6.61.